The Morgan fingerprint density at radius 3 is 1.94 bits per heavy atom. The number of nitrogens with zero attached hydrogens (tertiary/aromatic N) is 2. The van der Waals surface area contributed by atoms with E-state index in [0.29, 0.717) is 37.8 Å². The van der Waals surface area contributed by atoms with Gasteiger partial charge in [0, 0.05) is 46.2 Å². The lowest BCUT2D eigenvalue weighted by Gasteiger charge is -2.41. The molecular formula is C51H79N5O9. The second-order valence-electron chi connectivity index (χ2n) is 18.4. The van der Waals surface area contributed by atoms with E-state index in [4.69, 9.17) is 14.2 Å². The summed E-state index contributed by atoms with van der Waals surface area (Å²) in [7, 11) is 6.54. The lowest BCUT2D eigenvalue weighted by molar-refractivity contribution is -0.152. The molecule has 3 N–H and O–H groups in total. The molecule has 3 rings (SSSR count). The van der Waals surface area contributed by atoms with E-state index in [1.165, 1.54) is 0 Å². The van der Waals surface area contributed by atoms with Gasteiger partial charge in [-0.3, -0.25) is 28.8 Å². The Hall–Kier alpha value is -4.66. The van der Waals surface area contributed by atoms with Crippen LogP contribution in [-0.4, -0.2) is 122 Å². The summed E-state index contributed by atoms with van der Waals surface area (Å²) in [5, 5.41) is 9.12. The molecule has 4 amide bonds. The van der Waals surface area contributed by atoms with Crippen molar-refractivity contribution < 1.29 is 43.0 Å². The maximum atomic E-state index is 14.4. The summed E-state index contributed by atoms with van der Waals surface area (Å²) in [6.45, 7) is 15.8. The Morgan fingerprint density at radius 2 is 1.38 bits per heavy atom. The Morgan fingerprint density at radius 1 is 0.785 bits per heavy atom. The minimum atomic E-state index is -0.786. The van der Waals surface area contributed by atoms with Crippen molar-refractivity contribution in [3.8, 4) is 0 Å². The topological polar surface area (TPSA) is 173 Å². The molecule has 2 aromatic carbocycles. The molecule has 1 fully saturated rings. The molecule has 0 spiro atoms. The van der Waals surface area contributed by atoms with Crippen molar-refractivity contribution in [2.24, 2.45) is 23.7 Å². The molecule has 0 saturated carbocycles. The van der Waals surface area contributed by atoms with Gasteiger partial charge in [0.15, 0.2) is 5.78 Å². The Balaban J connectivity index is 1.72. The number of nitrogens with one attached hydrogen (secondary N) is 3. The molecule has 1 aliphatic rings. The van der Waals surface area contributed by atoms with E-state index < -0.39 is 60.4 Å². The average molecular weight is 906 g/mol. The maximum Gasteiger partial charge on any atom is 0.306 e. The number of ether oxygens (including phenoxy) is 3. The molecule has 0 aromatic heterocycles. The van der Waals surface area contributed by atoms with Gasteiger partial charge in [-0.1, -0.05) is 116 Å². The van der Waals surface area contributed by atoms with Gasteiger partial charge in [0.2, 0.25) is 23.6 Å². The van der Waals surface area contributed by atoms with Crippen LogP contribution in [0.4, 0.5) is 0 Å². The molecule has 1 aliphatic heterocycles. The lowest BCUT2D eigenvalue weighted by atomic mass is 9.89. The monoisotopic (exact) mass is 906 g/mol. The molecule has 1 unspecified atom stereocenters. The summed E-state index contributed by atoms with van der Waals surface area (Å²) in [6, 6.07) is 15.6. The van der Waals surface area contributed by atoms with E-state index >= 15 is 0 Å². The molecule has 1 saturated heterocycles. The molecule has 0 aliphatic carbocycles. The standard InChI is InChI=1S/C51H79N5O9/c1-13-34(6)46(55(10)51(62)45(33(4)5)54-50(61)44(52-9)32(2)3)41(63-11)31-42(58)56-30-22-27-39(56)47(64-12)35(7)49(60)53-36(8)48(38-25-18-15-19-26-38)65-43(59)29-21-20-28-40(57)37-23-16-14-17-24-37/h14-19,23-26,32-36,39,41,44-48,52H,13,20-22,27-31H2,1-12H3,(H,53,60)(H,54,61)/t34-,35+,36+,39-,41+,44-,45-,46-,47+,48?/m0/s1. The number of unbranched alkanes of at least 4 members (excludes halogenated alkanes) is 1. The van der Waals surface area contributed by atoms with Crippen LogP contribution in [0, 0.1) is 23.7 Å². The second-order valence-corrected chi connectivity index (χ2v) is 18.4. The van der Waals surface area contributed by atoms with E-state index in [-0.39, 0.29) is 60.0 Å². The van der Waals surface area contributed by atoms with Crippen LogP contribution in [0.25, 0.3) is 0 Å². The number of hydrogen-bond donors (Lipinski definition) is 3. The zero-order valence-corrected chi connectivity index (χ0v) is 41.1. The first-order valence-electron chi connectivity index (χ1n) is 23.6. The molecule has 1 heterocycles. The number of Topliss-reactive ketones (excluding diaryl/α,β-unsaturated/α-hetero) is 1. The molecule has 65 heavy (non-hydrogen) atoms. The summed E-state index contributed by atoms with van der Waals surface area (Å²) in [5.41, 5.74) is 1.37. The highest BCUT2D eigenvalue weighted by molar-refractivity contribution is 5.96. The fourth-order valence-corrected chi connectivity index (χ4v) is 9.11. The zero-order valence-electron chi connectivity index (χ0n) is 41.1. The summed E-state index contributed by atoms with van der Waals surface area (Å²) in [6.07, 6.45) is 1.46. The van der Waals surface area contributed by atoms with Gasteiger partial charge in [0.25, 0.3) is 0 Å². The van der Waals surface area contributed by atoms with E-state index in [2.05, 4.69) is 16.0 Å². The third-order valence-corrected chi connectivity index (χ3v) is 13.1. The number of benzene rings is 2. The quantitative estimate of drug-likeness (QED) is 0.0509. The molecular weight excluding hydrogens is 827 g/mol. The van der Waals surface area contributed by atoms with Crippen molar-refractivity contribution >= 4 is 35.4 Å². The minimum Gasteiger partial charge on any atom is -0.455 e. The Labute approximate surface area is 388 Å². The number of esters is 1. The summed E-state index contributed by atoms with van der Waals surface area (Å²) in [4.78, 5) is 85.2. The van der Waals surface area contributed by atoms with Crippen LogP contribution in [0.2, 0.25) is 0 Å². The Kier molecular flexibility index (Phi) is 22.8. The molecule has 10 atom stereocenters. The fourth-order valence-electron chi connectivity index (χ4n) is 9.11. The molecule has 0 radical (unpaired) electrons. The highest BCUT2D eigenvalue weighted by Gasteiger charge is 2.43. The van der Waals surface area contributed by atoms with Crippen LogP contribution < -0.4 is 16.0 Å². The van der Waals surface area contributed by atoms with Crippen LogP contribution in [-0.2, 0) is 38.2 Å². The number of carbonyl (C=O) groups excluding carboxylic acids is 6. The van der Waals surface area contributed by atoms with Crippen LogP contribution in [0.3, 0.4) is 0 Å². The number of ketones is 1. The zero-order chi connectivity index (χ0) is 48.4. The van der Waals surface area contributed by atoms with Gasteiger partial charge in [-0.25, -0.2) is 0 Å². The van der Waals surface area contributed by atoms with Crippen LogP contribution in [0.1, 0.15) is 129 Å². The van der Waals surface area contributed by atoms with Gasteiger partial charge in [-0.15, -0.1) is 0 Å². The normalized spacial score (nSPS) is 18.1. The van der Waals surface area contributed by atoms with Gasteiger partial charge < -0.3 is 40.0 Å². The van der Waals surface area contributed by atoms with Crippen molar-refractivity contribution in [3.63, 3.8) is 0 Å². The highest BCUT2D eigenvalue weighted by atomic mass is 16.5. The molecule has 14 nitrogen and oxygen atoms in total. The number of hydrogen-bond acceptors (Lipinski definition) is 10. The van der Waals surface area contributed by atoms with Crippen molar-refractivity contribution in [2.75, 3.05) is 34.9 Å². The van der Waals surface area contributed by atoms with E-state index in [0.717, 1.165) is 18.4 Å². The van der Waals surface area contributed by atoms with E-state index in [9.17, 15) is 28.8 Å². The largest absolute Gasteiger partial charge is 0.455 e. The van der Waals surface area contributed by atoms with Crippen LogP contribution >= 0.6 is 0 Å². The predicted molar refractivity (Wildman–Crippen MR) is 253 cm³/mol. The SMILES string of the molecule is CC[C@H](C)[C@@H]([C@@H](CC(=O)N1CCC[C@H]1[C@H](OC)[C@@H](C)C(=O)N[C@H](C)C(OC(=O)CCCCC(=O)c1ccccc1)c1ccccc1)OC)N(C)C(=O)[C@@H](NC(=O)[C@@H](NC)C(C)C)C(C)C. The summed E-state index contributed by atoms with van der Waals surface area (Å²) in [5.74, 6) is -2.30. The van der Waals surface area contributed by atoms with Gasteiger partial charge >= 0.3 is 5.97 Å². The van der Waals surface area contributed by atoms with E-state index in [1.54, 1.807) is 64.1 Å². The highest BCUT2D eigenvalue weighted by Crippen LogP contribution is 2.30. The number of methoxy groups -OCH3 is 2. The summed E-state index contributed by atoms with van der Waals surface area (Å²) < 4.78 is 18.1. The number of likely N-dealkylation sites (N-methyl/N-ethyl adjacent to an activating group) is 2. The third-order valence-electron chi connectivity index (χ3n) is 13.1. The molecule has 14 heteroatoms. The van der Waals surface area contributed by atoms with Gasteiger partial charge in [0.05, 0.1) is 48.7 Å². The smallest absolute Gasteiger partial charge is 0.306 e. The van der Waals surface area contributed by atoms with Crippen molar-refractivity contribution in [1.29, 1.82) is 0 Å². The number of rotatable bonds is 27. The number of amides is 4. The molecule has 362 valence electrons. The first kappa shape index (κ1) is 54.7. The van der Waals surface area contributed by atoms with Gasteiger partial charge in [-0.2, -0.15) is 0 Å². The number of likely N-dealkylation sites (tertiary alicyclic amines) is 1. The lowest BCUT2D eigenvalue weighted by Crippen LogP contribution is -2.59. The molecule has 2 aromatic rings. The van der Waals surface area contributed by atoms with Gasteiger partial charge in [-0.05, 0) is 63.0 Å². The van der Waals surface area contributed by atoms with E-state index in [1.807, 2.05) is 90.1 Å². The van der Waals surface area contributed by atoms with Crippen LogP contribution in [0.15, 0.2) is 60.7 Å². The number of carbonyl (C=O) groups is 6. The van der Waals surface area contributed by atoms with Crippen molar-refractivity contribution in [1.82, 2.24) is 25.8 Å². The van der Waals surface area contributed by atoms with Crippen LogP contribution in [0.5, 0.6) is 0 Å². The Bertz CT molecular complexity index is 1810. The fraction of sp³-hybridized carbons (Fsp3) is 0.647. The first-order chi connectivity index (χ1) is 30.9. The van der Waals surface area contributed by atoms with Crippen molar-refractivity contribution in [2.45, 2.75) is 155 Å². The summed E-state index contributed by atoms with van der Waals surface area (Å²) >= 11 is 0. The maximum absolute atomic E-state index is 14.4. The molecule has 0 bridgehead atoms. The second kappa shape index (κ2) is 27.1. The third kappa shape index (κ3) is 15.5. The first-order valence-corrected chi connectivity index (χ1v) is 23.6. The minimum absolute atomic E-state index is 0.00495. The van der Waals surface area contributed by atoms with Gasteiger partial charge in [0.1, 0.15) is 12.1 Å². The predicted octanol–water partition coefficient (Wildman–Crippen LogP) is 6.52. The average Bonchev–Trinajstić information content (AvgIpc) is 3.78. The van der Waals surface area contributed by atoms with Crippen molar-refractivity contribution in [3.05, 3.63) is 71.8 Å².